The Morgan fingerprint density at radius 3 is 2.44 bits per heavy atom. The highest BCUT2D eigenvalue weighted by Gasteiger charge is 2.17. The fraction of sp³-hybridized carbons (Fsp3) is 0.538. The summed E-state index contributed by atoms with van der Waals surface area (Å²) in [6.45, 7) is 5.96. The molecule has 1 aliphatic rings. The molecule has 2 nitrogen and oxygen atoms in total. The van der Waals surface area contributed by atoms with E-state index in [-0.39, 0.29) is 0 Å². The average molecular weight is 241 g/mol. The molecule has 0 radical (unpaired) electrons. The van der Waals surface area contributed by atoms with E-state index in [4.69, 9.17) is 17.3 Å². The van der Waals surface area contributed by atoms with Crippen molar-refractivity contribution in [3.05, 3.63) is 22.7 Å². The second-order valence-electron chi connectivity index (χ2n) is 3.96. The molecule has 0 bridgehead atoms. The zero-order valence-electron chi connectivity index (χ0n) is 10.3. The minimum absolute atomic E-state index is 0.594. The van der Waals surface area contributed by atoms with Gasteiger partial charge in [-0.05, 0) is 43.9 Å². The van der Waals surface area contributed by atoms with Gasteiger partial charge in [0.05, 0.1) is 11.4 Å². The molecule has 90 valence electrons. The fourth-order valence-electron chi connectivity index (χ4n) is 1.60. The molecule has 0 saturated heterocycles. The van der Waals surface area contributed by atoms with Crippen molar-refractivity contribution in [3.8, 4) is 0 Å². The lowest BCUT2D eigenvalue weighted by Crippen LogP contribution is -2.27. The SMILES string of the molecule is CC.Cc1cc(N)c(NC2CCC2)cc1Cl. The van der Waals surface area contributed by atoms with Crippen molar-refractivity contribution in [2.75, 3.05) is 11.1 Å². The minimum atomic E-state index is 0.594. The number of nitrogens with two attached hydrogens (primary N) is 1. The molecule has 1 aromatic rings. The molecule has 0 aromatic heterocycles. The summed E-state index contributed by atoms with van der Waals surface area (Å²) >= 11 is 6.03. The van der Waals surface area contributed by atoms with Crippen LogP contribution in [-0.2, 0) is 0 Å². The first-order valence-corrected chi connectivity index (χ1v) is 6.37. The summed E-state index contributed by atoms with van der Waals surface area (Å²) in [5.74, 6) is 0. The second-order valence-corrected chi connectivity index (χ2v) is 4.37. The van der Waals surface area contributed by atoms with E-state index in [0.29, 0.717) is 6.04 Å². The molecule has 3 N–H and O–H groups in total. The van der Waals surface area contributed by atoms with Gasteiger partial charge in [0.2, 0.25) is 0 Å². The molecule has 1 aliphatic carbocycles. The van der Waals surface area contributed by atoms with E-state index in [0.717, 1.165) is 22.0 Å². The highest BCUT2D eigenvalue weighted by atomic mass is 35.5. The normalized spacial score (nSPS) is 14.8. The van der Waals surface area contributed by atoms with Crippen LogP contribution in [-0.4, -0.2) is 6.04 Å². The number of hydrogen-bond donors (Lipinski definition) is 2. The van der Waals surface area contributed by atoms with Gasteiger partial charge in [0.15, 0.2) is 0 Å². The Balaban J connectivity index is 0.000000606. The first-order valence-electron chi connectivity index (χ1n) is 5.99. The van der Waals surface area contributed by atoms with Gasteiger partial charge in [-0.15, -0.1) is 0 Å². The molecule has 2 rings (SSSR count). The van der Waals surface area contributed by atoms with Gasteiger partial charge >= 0.3 is 0 Å². The summed E-state index contributed by atoms with van der Waals surface area (Å²) in [5, 5.41) is 4.18. The summed E-state index contributed by atoms with van der Waals surface area (Å²) in [6.07, 6.45) is 3.80. The van der Waals surface area contributed by atoms with Gasteiger partial charge in [0.1, 0.15) is 0 Å². The molecule has 0 amide bonds. The van der Waals surface area contributed by atoms with Gasteiger partial charge in [-0.25, -0.2) is 0 Å². The summed E-state index contributed by atoms with van der Waals surface area (Å²) in [7, 11) is 0. The van der Waals surface area contributed by atoms with Crippen molar-refractivity contribution in [3.63, 3.8) is 0 Å². The molecule has 1 saturated carbocycles. The molecule has 1 aromatic carbocycles. The maximum Gasteiger partial charge on any atom is 0.0591 e. The Bertz CT molecular complexity index is 346. The van der Waals surface area contributed by atoms with Gasteiger partial charge in [0.25, 0.3) is 0 Å². The Morgan fingerprint density at radius 1 is 1.31 bits per heavy atom. The van der Waals surface area contributed by atoms with Gasteiger partial charge in [-0.2, -0.15) is 0 Å². The van der Waals surface area contributed by atoms with Crippen molar-refractivity contribution in [1.82, 2.24) is 0 Å². The number of rotatable bonds is 2. The molecule has 0 heterocycles. The van der Waals surface area contributed by atoms with E-state index in [1.165, 1.54) is 19.3 Å². The third-order valence-corrected chi connectivity index (χ3v) is 3.20. The van der Waals surface area contributed by atoms with E-state index < -0.39 is 0 Å². The first kappa shape index (κ1) is 13.2. The van der Waals surface area contributed by atoms with E-state index in [1.807, 2.05) is 32.9 Å². The smallest absolute Gasteiger partial charge is 0.0591 e. The van der Waals surface area contributed by atoms with Crippen LogP contribution in [0.5, 0.6) is 0 Å². The van der Waals surface area contributed by atoms with Gasteiger partial charge in [-0.1, -0.05) is 25.4 Å². The Kier molecular flexibility index (Phi) is 4.94. The molecular formula is C13H21ClN2. The third-order valence-electron chi connectivity index (χ3n) is 2.80. The molecule has 0 atom stereocenters. The fourth-order valence-corrected chi connectivity index (χ4v) is 1.77. The Morgan fingerprint density at radius 2 is 1.94 bits per heavy atom. The lowest BCUT2D eigenvalue weighted by Gasteiger charge is -2.28. The maximum atomic E-state index is 6.03. The lowest BCUT2D eigenvalue weighted by atomic mass is 9.93. The molecule has 0 spiro atoms. The van der Waals surface area contributed by atoms with Crippen LogP contribution >= 0.6 is 11.6 Å². The predicted octanol–water partition coefficient (Wildman–Crippen LogP) is 4.22. The molecule has 1 fully saturated rings. The maximum absolute atomic E-state index is 6.03. The van der Waals surface area contributed by atoms with E-state index in [1.54, 1.807) is 0 Å². The van der Waals surface area contributed by atoms with E-state index >= 15 is 0 Å². The summed E-state index contributed by atoms with van der Waals surface area (Å²) in [5.41, 5.74) is 8.69. The summed E-state index contributed by atoms with van der Waals surface area (Å²) in [4.78, 5) is 0. The van der Waals surface area contributed by atoms with Gasteiger partial charge in [0, 0.05) is 11.1 Å². The number of nitrogen functional groups attached to an aromatic ring is 1. The highest BCUT2D eigenvalue weighted by molar-refractivity contribution is 6.31. The van der Waals surface area contributed by atoms with Crippen LogP contribution in [0.4, 0.5) is 11.4 Å². The van der Waals surface area contributed by atoms with Crippen LogP contribution in [0.15, 0.2) is 12.1 Å². The number of anilines is 2. The summed E-state index contributed by atoms with van der Waals surface area (Å²) in [6, 6.07) is 4.43. The monoisotopic (exact) mass is 240 g/mol. The van der Waals surface area contributed by atoms with Crippen LogP contribution in [0.3, 0.4) is 0 Å². The van der Waals surface area contributed by atoms with Gasteiger partial charge < -0.3 is 11.1 Å². The van der Waals surface area contributed by atoms with Crippen LogP contribution in [0.2, 0.25) is 5.02 Å². The topological polar surface area (TPSA) is 38.0 Å². The molecule has 0 unspecified atom stereocenters. The van der Waals surface area contributed by atoms with Gasteiger partial charge in [-0.3, -0.25) is 0 Å². The van der Waals surface area contributed by atoms with Crippen molar-refractivity contribution in [2.45, 2.75) is 46.1 Å². The van der Waals surface area contributed by atoms with Crippen molar-refractivity contribution >= 4 is 23.0 Å². The van der Waals surface area contributed by atoms with Crippen LogP contribution in [0.1, 0.15) is 38.7 Å². The summed E-state index contributed by atoms with van der Waals surface area (Å²) < 4.78 is 0. The van der Waals surface area contributed by atoms with Crippen LogP contribution < -0.4 is 11.1 Å². The quantitative estimate of drug-likeness (QED) is 0.760. The first-order chi connectivity index (χ1) is 7.66. The molecular weight excluding hydrogens is 220 g/mol. The number of aryl methyl sites for hydroxylation is 1. The second kappa shape index (κ2) is 6.00. The number of halogens is 1. The average Bonchev–Trinajstić information content (AvgIpc) is 2.22. The number of nitrogens with one attached hydrogen (secondary N) is 1. The zero-order valence-corrected chi connectivity index (χ0v) is 11.1. The lowest BCUT2D eigenvalue weighted by molar-refractivity contribution is 0.446. The van der Waals surface area contributed by atoms with E-state index in [9.17, 15) is 0 Å². The standard InChI is InChI=1S/C11H15ClN2.C2H6/c1-7-5-10(13)11(6-9(7)12)14-8-3-2-4-8;1-2/h5-6,8,14H,2-4,13H2,1H3;1-2H3. The molecule has 16 heavy (non-hydrogen) atoms. The molecule has 0 aliphatic heterocycles. The Labute approximate surface area is 103 Å². The van der Waals surface area contributed by atoms with Crippen LogP contribution in [0.25, 0.3) is 0 Å². The predicted molar refractivity (Wildman–Crippen MR) is 73.2 cm³/mol. The van der Waals surface area contributed by atoms with Crippen molar-refractivity contribution < 1.29 is 0 Å². The van der Waals surface area contributed by atoms with E-state index in [2.05, 4.69) is 5.32 Å². The largest absolute Gasteiger partial charge is 0.397 e. The molecule has 3 heteroatoms. The van der Waals surface area contributed by atoms with Crippen molar-refractivity contribution in [2.24, 2.45) is 0 Å². The minimum Gasteiger partial charge on any atom is -0.397 e. The number of hydrogen-bond acceptors (Lipinski definition) is 2. The number of benzene rings is 1. The van der Waals surface area contributed by atoms with Crippen LogP contribution in [0, 0.1) is 6.92 Å². The van der Waals surface area contributed by atoms with Crippen molar-refractivity contribution in [1.29, 1.82) is 0 Å². The zero-order chi connectivity index (χ0) is 12.1. The third kappa shape index (κ3) is 3.05. The highest BCUT2D eigenvalue weighted by Crippen LogP contribution is 2.30. The Hall–Kier alpha value is -0.890.